The average Bonchev–Trinajstić information content (AvgIpc) is 2.60. The second-order valence-electron chi connectivity index (χ2n) is 6.16. The minimum atomic E-state index is 0.123. The fourth-order valence-electron chi connectivity index (χ4n) is 2.60. The first kappa shape index (κ1) is 21.1. The van der Waals surface area contributed by atoms with E-state index in [4.69, 9.17) is 14.2 Å². The quantitative estimate of drug-likeness (QED) is 0.485. The van der Waals surface area contributed by atoms with Crippen LogP contribution in [-0.2, 0) is 13.0 Å². The number of benzene rings is 2. The van der Waals surface area contributed by atoms with Gasteiger partial charge in [0, 0.05) is 16.6 Å². The second-order valence-corrected chi connectivity index (χ2v) is 7.93. The molecule has 0 aromatic heterocycles. The zero-order valence-electron chi connectivity index (χ0n) is 15.6. The van der Waals surface area contributed by atoms with Crippen molar-refractivity contribution < 1.29 is 14.2 Å². The van der Waals surface area contributed by atoms with Gasteiger partial charge < -0.3 is 19.5 Å². The fraction of sp³-hybridized carbons (Fsp3) is 0.400. The van der Waals surface area contributed by atoms with E-state index in [-0.39, 0.29) is 6.10 Å². The lowest BCUT2D eigenvalue weighted by Gasteiger charge is -2.17. The zero-order chi connectivity index (χ0) is 19.1. The zero-order valence-corrected chi connectivity index (χ0v) is 18.7. The van der Waals surface area contributed by atoms with Crippen LogP contribution in [-0.4, -0.2) is 26.9 Å². The molecule has 0 aliphatic heterocycles. The lowest BCUT2D eigenvalue weighted by molar-refractivity contribution is 0.238. The highest BCUT2D eigenvalue weighted by molar-refractivity contribution is 9.11. The molecule has 0 atom stereocenters. The maximum Gasteiger partial charge on any atom is 0.160 e. The molecule has 0 saturated heterocycles. The van der Waals surface area contributed by atoms with Crippen molar-refractivity contribution in [2.24, 2.45) is 0 Å². The van der Waals surface area contributed by atoms with Crippen molar-refractivity contribution in [1.29, 1.82) is 0 Å². The molecule has 142 valence electrons. The molecule has 0 unspecified atom stereocenters. The topological polar surface area (TPSA) is 39.7 Å². The summed E-state index contributed by atoms with van der Waals surface area (Å²) in [4.78, 5) is 0. The van der Waals surface area contributed by atoms with Crippen LogP contribution in [0.4, 0.5) is 0 Å². The maximum atomic E-state index is 5.96. The van der Waals surface area contributed by atoms with Gasteiger partial charge >= 0.3 is 0 Å². The van der Waals surface area contributed by atoms with Gasteiger partial charge in [-0.15, -0.1) is 0 Å². The van der Waals surface area contributed by atoms with Crippen molar-refractivity contribution in [1.82, 2.24) is 5.32 Å². The van der Waals surface area contributed by atoms with Crippen LogP contribution in [0, 0.1) is 0 Å². The van der Waals surface area contributed by atoms with Crippen LogP contribution in [0.15, 0.2) is 39.3 Å². The van der Waals surface area contributed by atoms with Gasteiger partial charge in [0.2, 0.25) is 0 Å². The van der Waals surface area contributed by atoms with Crippen LogP contribution in [0.2, 0.25) is 0 Å². The molecule has 0 radical (unpaired) electrons. The predicted octanol–water partition coefficient (Wildman–Crippen LogP) is 5.35. The summed E-state index contributed by atoms with van der Waals surface area (Å²) < 4.78 is 18.6. The molecule has 0 aliphatic carbocycles. The van der Waals surface area contributed by atoms with Gasteiger partial charge in [0.25, 0.3) is 0 Å². The minimum Gasteiger partial charge on any atom is -0.493 e. The minimum absolute atomic E-state index is 0.123. The molecule has 0 heterocycles. The highest BCUT2D eigenvalue weighted by atomic mass is 79.9. The Bertz CT molecular complexity index is 735. The van der Waals surface area contributed by atoms with E-state index in [0.717, 1.165) is 51.3 Å². The molecule has 0 aliphatic rings. The van der Waals surface area contributed by atoms with Gasteiger partial charge in [-0.05, 0) is 72.6 Å². The van der Waals surface area contributed by atoms with Crippen LogP contribution in [0.3, 0.4) is 0 Å². The van der Waals surface area contributed by atoms with E-state index in [9.17, 15) is 0 Å². The standard InChI is InChI=1S/C20H25Br2NO3/c1-13(2)26-20-15(10-16(21)11-17(20)22)12-23-8-7-14-5-6-18(24-3)19(9-14)25-4/h5-6,9-11,13,23H,7-8,12H2,1-4H3. The summed E-state index contributed by atoms with van der Waals surface area (Å²) in [6, 6.07) is 10.1. The van der Waals surface area contributed by atoms with Crippen molar-refractivity contribution in [2.45, 2.75) is 32.9 Å². The summed E-state index contributed by atoms with van der Waals surface area (Å²) in [6.45, 7) is 5.64. The molecule has 0 spiro atoms. The molecule has 1 N–H and O–H groups in total. The number of halogens is 2. The molecule has 0 fully saturated rings. The van der Waals surface area contributed by atoms with E-state index in [1.807, 2.05) is 32.0 Å². The van der Waals surface area contributed by atoms with Gasteiger partial charge in [-0.25, -0.2) is 0 Å². The Labute approximate surface area is 172 Å². The van der Waals surface area contributed by atoms with E-state index in [2.05, 4.69) is 49.3 Å². The van der Waals surface area contributed by atoms with Crippen molar-refractivity contribution >= 4 is 31.9 Å². The Kier molecular flexibility index (Phi) is 8.25. The number of methoxy groups -OCH3 is 2. The first-order chi connectivity index (χ1) is 12.4. The highest BCUT2D eigenvalue weighted by Crippen LogP contribution is 2.33. The third-order valence-electron chi connectivity index (χ3n) is 3.79. The Morgan fingerprint density at radius 2 is 1.73 bits per heavy atom. The average molecular weight is 487 g/mol. The smallest absolute Gasteiger partial charge is 0.160 e. The summed E-state index contributed by atoms with van der Waals surface area (Å²) >= 11 is 7.14. The normalized spacial score (nSPS) is 10.9. The largest absolute Gasteiger partial charge is 0.493 e. The predicted molar refractivity (Wildman–Crippen MR) is 113 cm³/mol. The number of hydrogen-bond acceptors (Lipinski definition) is 4. The highest BCUT2D eigenvalue weighted by Gasteiger charge is 2.12. The fourth-order valence-corrected chi connectivity index (χ4v) is 4.01. The third kappa shape index (κ3) is 5.89. The van der Waals surface area contributed by atoms with E-state index >= 15 is 0 Å². The third-order valence-corrected chi connectivity index (χ3v) is 4.84. The molecule has 6 heteroatoms. The summed E-state index contributed by atoms with van der Waals surface area (Å²) in [5.74, 6) is 2.40. The molecule has 4 nitrogen and oxygen atoms in total. The van der Waals surface area contributed by atoms with Gasteiger partial charge in [0.05, 0.1) is 24.8 Å². The first-order valence-corrected chi connectivity index (χ1v) is 10.1. The molecular formula is C20H25Br2NO3. The molecule has 2 aromatic carbocycles. The molecule has 0 bridgehead atoms. The molecular weight excluding hydrogens is 462 g/mol. The van der Waals surface area contributed by atoms with Crippen molar-refractivity contribution in [3.8, 4) is 17.2 Å². The Hall–Kier alpha value is -1.24. The van der Waals surface area contributed by atoms with Gasteiger partial charge in [-0.3, -0.25) is 0 Å². The van der Waals surface area contributed by atoms with Gasteiger partial charge in [-0.1, -0.05) is 22.0 Å². The molecule has 0 amide bonds. The first-order valence-electron chi connectivity index (χ1n) is 8.50. The van der Waals surface area contributed by atoms with Crippen molar-refractivity contribution in [3.63, 3.8) is 0 Å². The number of hydrogen-bond donors (Lipinski definition) is 1. The summed E-state index contributed by atoms with van der Waals surface area (Å²) in [5.41, 5.74) is 2.32. The second kappa shape index (κ2) is 10.2. The van der Waals surface area contributed by atoms with E-state index < -0.39 is 0 Å². The number of ether oxygens (including phenoxy) is 3. The number of rotatable bonds is 9. The van der Waals surface area contributed by atoms with Crippen molar-refractivity contribution in [2.75, 3.05) is 20.8 Å². The van der Waals surface area contributed by atoms with Crippen LogP contribution in [0.1, 0.15) is 25.0 Å². The van der Waals surface area contributed by atoms with Crippen LogP contribution in [0.25, 0.3) is 0 Å². The van der Waals surface area contributed by atoms with Crippen LogP contribution < -0.4 is 19.5 Å². The van der Waals surface area contributed by atoms with Gasteiger partial charge in [0.1, 0.15) is 5.75 Å². The van der Waals surface area contributed by atoms with E-state index in [1.54, 1.807) is 14.2 Å². The summed E-state index contributed by atoms with van der Waals surface area (Å²) in [7, 11) is 3.30. The molecule has 26 heavy (non-hydrogen) atoms. The summed E-state index contributed by atoms with van der Waals surface area (Å²) in [5, 5.41) is 3.49. The van der Waals surface area contributed by atoms with Gasteiger partial charge in [0.15, 0.2) is 11.5 Å². The van der Waals surface area contributed by atoms with E-state index in [0.29, 0.717) is 0 Å². The van der Waals surface area contributed by atoms with Crippen LogP contribution >= 0.6 is 31.9 Å². The van der Waals surface area contributed by atoms with E-state index in [1.165, 1.54) is 5.56 Å². The summed E-state index contributed by atoms with van der Waals surface area (Å²) in [6.07, 6.45) is 1.02. The Balaban J connectivity index is 1.98. The van der Waals surface area contributed by atoms with Gasteiger partial charge in [-0.2, -0.15) is 0 Å². The Morgan fingerprint density at radius 3 is 2.38 bits per heavy atom. The Morgan fingerprint density at radius 1 is 1.00 bits per heavy atom. The molecule has 2 aromatic rings. The maximum absolute atomic E-state index is 5.96. The molecule has 0 saturated carbocycles. The molecule has 2 rings (SSSR count). The SMILES string of the molecule is COc1ccc(CCNCc2cc(Br)cc(Br)c2OC(C)C)cc1OC. The lowest BCUT2D eigenvalue weighted by Crippen LogP contribution is -2.18. The lowest BCUT2D eigenvalue weighted by atomic mass is 10.1. The van der Waals surface area contributed by atoms with Crippen LogP contribution in [0.5, 0.6) is 17.2 Å². The van der Waals surface area contributed by atoms with Crippen molar-refractivity contribution in [3.05, 3.63) is 50.4 Å². The monoisotopic (exact) mass is 485 g/mol. The number of nitrogens with one attached hydrogen (secondary N) is 1.